The van der Waals surface area contributed by atoms with Gasteiger partial charge in [-0.15, -0.1) is 0 Å². The molecular formula is C16H16N4O3. The van der Waals surface area contributed by atoms with Crippen LogP contribution in [0.5, 0.6) is 0 Å². The minimum Gasteiger partial charge on any atom is -0.375 e. The second-order valence-corrected chi connectivity index (χ2v) is 5.37. The number of nitro benzene ring substituents is 1. The van der Waals surface area contributed by atoms with Crippen molar-refractivity contribution in [2.75, 3.05) is 18.4 Å². The summed E-state index contributed by atoms with van der Waals surface area (Å²) in [5.41, 5.74) is 0.940. The second-order valence-electron chi connectivity index (χ2n) is 5.37. The van der Waals surface area contributed by atoms with Crippen LogP contribution in [0.3, 0.4) is 0 Å². The van der Waals surface area contributed by atoms with Crippen molar-refractivity contribution in [1.82, 2.24) is 9.88 Å². The van der Waals surface area contributed by atoms with E-state index in [1.54, 1.807) is 47.5 Å². The molecule has 0 unspecified atom stereocenters. The number of carbonyl (C=O) groups excluding carboxylic acids is 1. The van der Waals surface area contributed by atoms with Crippen molar-refractivity contribution in [3.8, 4) is 0 Å². The van der Waals surface area contributed by atoms with E-state index >= 15 is 0 Å². The molecule has 1 fully saturated rings. The van der Waals surface area contributed by atoms with Gasteiger partial charge in [0.2, 0.25) is 0 Å². The number of para-hydroxylation sites is 2. The smallest absolute Gasteiger partial charge is 0.292 e. The SMILES string of the molecule is O=C(c1ccccn1)N1CC[C@H](Nc2ccccc2[N+](=O)[O-])C1. The molecule has 2 heterocycles. The summed E-state index contributed by atoms with van der Waals surface area (Å²) in [6.07, 6.45) is 2.33. The lowest BCUT2D eigenvalue weighted by atomic mass is 10.2. The molecule has 0 aliphatic carbocycles. The zero-order chi connectivity index (χ0) is 16.2. The fraction of sp³-hybridized carbons (Fsp3) is 0.250. The quantitative estimate of drug-likeness (QED) is 0.691. The Morgan fingerprint density at radius 1 is 1.26 bits per heavy atom. The molecule has 2 aromatic rings. The standard InChI is InChI=1S/C16H16N4O3/c21-16(14-6-3-4-9-17-14)19-10-8-12(11-19)18-13-5-1-2-7-15(13)20(22)23/h1-7,9,12,18H,8,10-11H2/t12-/m0/s1. The summed E-state index contributed by atoms with van der Waals surface area (Å²) in [6.45, 7) is 1.11. The van der Waals surface area contributed by atoms with Crippen LogP contribution in [0.15, 0.2) is 48.7 Å². The summed E-state index contributed by atoms with van der Waals surface area (Å²) in [5.74, 6) is -0.113. The second kappa shape index (κ2) is 6.43. The first-order valence-corrected chi connectivity index (χ1v) is 7.35. The highest BCUT2D eigenvalue weighted by atomic mass is 16.6. The molecular weight excluding hydrogens is 296 g/mol. The van der Waals surface area contributed by atoms with Gasteiger partial charge in [0.25, 0.3) is 11.6 Å². The van der Waals surface area contributed by atoms with Gasteiger partial charge >= 0.3 is 0 Å². The molecule has 7 heteroatoms. The van der Waals surface area contributed by atoms with Gasteiger partial charge in [0.15, 0.2) is 0 Å². The van der Waals surface area contributed by atoms with E-state index < -0.39 is 4.92 Å². The van der Waals surface area contributed by atoms with E-state index in [9.17, 15) is 14.9 Å². The zero-order valence-corrected chi connectivity index (χ0v) is 12.4. The number of carbonyl (C=O) groups is 1. The number of pyridine rings is 1. The molecule has 1 aliphatic heterocycles. The van der Waals surface area contributed by atoms with Crippen molar-refractivity contribution in [1.29, 1.82) is 0 Å². The molecule has 1 atom stereocenters. The van der Waals surface area contributed by atoms with Crippen LogP contribution in [0.25, 0.3) is 0 Å². The molecule has 1 N–H and O–H groups in total. The van der Waals surface area contributed by atoms with Crippen LogP contribution >= 0.6 is 0 Å². The number of nitrogens with zero attached hydrogens (tertiary/aromatic N) is 3. The third-order valence-electron chi connectivity index (χ3n) is 3.82. The lowest BCUT2D eigenvalue weighted by Crippen LogP contribution is -2.32. The zero-order valence-electron chi connectivity index (χ0n) is 12.4. The van der Waals surface area contributed by atoms with Crippen LogP contribution in [-0.4, -0.2) is 39.8 Å². The topological polar surface area (TPSA) is 88.4 Å². The monoisotopic (exact) mass is 312 g/mol. The predicted molar refractivity (Wildman–Crippen MR) is 85.3 cm³/mol. The number of hydrogen-bond acceptors (Lipinski definition) is 5. The number of anilines is 1. The Morgan fingerprint density at radius 3 is 2.78 bits per heavy atom. The molecule has 1 aromatic carbocycles. The molecule has 23 heavy (non-hydrogen) atoms. The third-order valence-corrected chi connectivity index (χ3v) is 3.82. The number of hydrogen-bond donors (Lipinski definition) is 1. The molecule has 1 aliphatic rings. The van der Waals surface area contributed by atoms with Gasteiger partial charge in [-0.3, -0.25) is 19.9 Å². The summed E-state index contributed by atoms with van der Waals surface area (Å²) in [5, 5.41) is 14.2. The minimum absolute atomic E-state index is 0.0104. The van der Waals surface area contributed by atoms with E-state index in [-0.39, 0.29) is 17.6 Å². The average molecular weight is 312 g/mol. The van der Waals surface area contributed by atoms with Gasteiger partial charge in [-0.05, 0) is 24.6 Å². The summed E-state index contributed by atoms with van der Waals surface area (Å²) in [4.78, 5) is 28.8. The van der Waals surface area contributed by atoms with Gasteiger partial charge in [-0.25, -0.2) is 0 Å². The van der Waals surface area contributed by atoms with Crippen LogP contribution in [-0.2, 0) is 0 Å². The number of nitrogens with one attached hydrogen (secondary N) is 1. The van der Waals surface area contributed by atoms with Crippen molar-refractivity contribution >= 4 is 17.3 Å². The van der Waals surface area contributed by atoms with Gasteiger partial charge in [0, 0.05) is 31.4 Å². The van der Waals surface area contributed by atoms with Crippen molar-refractivity contribution in [2.45, 2.75) is 12.5 Å². The van der Waals surface area contributed by atoms with E-state index in [0.717, 1.165) is 6.42 Å². The van der Waals surface area contributed by atoms with Crippen molar-refractivity contribution in [3.63, 3.8) is 0 Å². The van der Waals surface area contributed by atoms with Gasteiger partial charge in [0.1, 0.15) is 11.4 Å². The molecule has 118 valence electrons. The molecule has 1 amide bonds. The average Bonchev–Trinajstić information content (AvgIpc) is 3.04. The molecule has 0 radical (unpaired) electrons. The normalized spacial score (nSPS) is 17.0. The lowest BCUT2D eigenvalue weighted by molar-refractivity contribution is -0.384. The first-order valence-electron chi connectivity index (χ1n) is 7.35. The largest absolute Gasteiger partial charge is 0.375 e. The number of benzene rings is 1. The van der Waals surface area contributed by atoms with E-state index in [2.05, 4.69) is 10.3 Å². The Kier molecular flexibility index (Phi) is 4.18. The van der Waals surface area contributed by atoms with Crippen LogP contribution < -0.4 is 5.32 Å². The van der Waals surface area contributed by atoms with Crippen LogP contribution in [0.4, 0.5) is 11.4 Å². The molecule has 1 saturated heterocycles. The molecule has 0 saturated carbocycles. The predicted octanol–water partition coefficient (Wildman–Crippen LogP) is 2.32. The van der Waals surface area contributed by atoms with E-state index in [1.165, 1.54) is 6.07 Å². The van der Waals surface area contributed by atoms with Crippen LogP contribution in [0.1, 0.15) is 16.9 Å². The maximum absolute atomic E-state index is 12.3. The number of amides is 1. The summed E-state index contributed by atoms with van der Waals surface area (Å²) >= 11 is 0. The minimum atomic E-state index is -0.409. The van der Waals surface area contributed by atoms with Gasteiger partial charge in [-0.2, -0.15) is 0 Å². The molecule has 0 spiro atoms. The fourth-order valence-corrected chi connectivity index (χ4v) is 2.69. The number of likely N-dealkylation sites (tertiary alicyclic amines) is 1. The highest BCUT2D eigenvalue weighted by Crippen LogP contribution is 2.26. The number of rotatable bonds is 4. The first-order chi connectivity index (χ1) is 11.1. The van der Waals surface area contributed by atoms with E-state index in [1.807, 2.05) is 0 Å². The van der Waals surface area contributed by atoms with Crippen molar-refractivity contribution in [3.05, 3.63) is 64.5 Å². The summed E-state index contributed by atoms with van der Waals surface area (Å²) in [6, 6.07) is 11.7. The van der Waals surface area contributed by atoms with Crippen molar-refractivity contribution < 1.29 is 9.72 Å². The Balaban J connectivity index is 1.67. The Bertz CT molecular complexity index is 720. The molecule has 3 rings (SSSR count). The third kappa shape index (κ3) is 3.28. The van der Waals surface area contributed by atoms with Crippen molar-refractivity contribution in [2.24, 2.45) is 0 Å². The maximum Gasteiger partial charge on any atom is 0.292 e. The lowest BCUT2D eigenvalue weighted by Gasteiger charge is -2.17. The molecule has 1 aromatic heterocycles. The Labute approximate surface area is 133 Å². The molecule has 7 nitrogen and oxygen atoms in total. The Morgan fingerprint density at radius 2 is 2.04 bits per heavy atom. The maximum atomic E-state index is 12.3. The Hall–Kier alpha value is -2.96. The highest BCUT2D eigenvalue weighted by molar-refractivity contribution is 5.92. The van der Waals surface area contributed by atoms with Gasteiger partial charge in [-0.1, -0.05) is 18.2 Å². The fourth-order valence-electron chi connectivity index (χ4n) is 2.69. The first kappa shape index (κ1) is 15.0. The number of nitro groups is 1. The van der Waals surface area contributed by atoms with Gasteiger partial charge in [0.05, 0.1) is 4.92 Å². The summed E-state index contributed by atoms with van der Waals surface area (Å²) in [7, 11) is 0. The van der Waals surface area contributed by atoms with Gasteiger partial charge < -0.3 is 10.2 Å². The summed E-state index contributed by atoms with van der Waals surface area (Å²) < 4.78 is 0. The van der Waals surface area contributed by atoms with E-state index in [4.69, 9.17) is 0 Å². The highest BCUT2D eigenvalue weighted by Gasteiger charge is 2.28. The van der Waals surface area contributed by atoms with E-state index in [0.29, 0.717) is 24.5 Å². The number of aromatic nitrogens is 1. The van der Waals surface area contributed by atoms with Crippen LogP contribution in [0.2, 0.25) is 0 Å². The van der Waals surface area contributed by atoms with Crippen LogP contribution in [0, 0.1) is 10.1 Å². The molecule has 0 bridgehead atoms.